The largest absolute Gasteiger partial charge is 0.354 e. The lowest BCUT2D eigenvalue weighted by atomic mass is 10.1. The molecule has 0 unspecified atom stereocenters. The third-order valence-electron chi connectivity index (χ3n) is 4.94. The van der Waals surface area contributed by atoms with Gasteiger partial charge < -0.3 is 10.6 Å². The molecule has 3 aromatic rings. The Kier molecular flexibility index (Phi) is 5.08. The SMILES string of the molecule is CCn1cc(NC(=O)c2cccc(N3C(=O)c4ccccc4C3=O)c2)c(C(=O)NC)n1. The number of benzene rings is 2. The Morgan fingerprint density at radius 2 is 1.65 bits per heavy atom. The van der Waals surface area contributed by atoms with Crippen LogP contribution in [0.4, 0.5) is 11.4 Å². The summed E-state index contributed by atoms with van der Waals surface area (Å²) in [5.41, 5.74) is 1.51. The van der Waals surface area contributed by atoms with Gasteiger partial charge in [0.1, 0.15) is 0 Å². The molecule has 2 aromatic carbocycles. The molecule has 9 nitrogen and oxygen atoms in total. The highest BCUT2D eigenvalue weighted by Gasteiger charge is 2.36. The number of rotatable bonds is 5. The van der Waals surface area contributed by atoms with Gasteiger partial charge in [-0.1, -0.05) is 18.2 Å². The van der Waals surface area contributed by atoms with E-state index in [0.29, 0.717) is 17.7 Å². The summed E-state index contributed by atoms with van der Waals surface area (Å²) in [6.45, 7) is 2.38. The van der Waals surface area contributed by atoms with Crippen LogP contribution in [0.15, 0.2) is 54.7 Å². The zero-order chi connectivity index (χ0) is 22.1. The van der Waals surface area contributed by atoms with Crippen molar-refractivity contribution < 1.29 is 19.2 Å². The number of hydrogen-bond acceptors (Lipinski definition) is 5. The van der Waals surface area contributed by atoms with Crippen LogP contribution in [-0.4, -0.2) is 40.5 Å². The van der Waals surface area contributed by atoms with Crippen LogP contribution < -0.4 is 15.5 Å². The normalized spacial score (nSPS) is 12.6. The second-order valence-electron chi connectivity index (χ2n) is 6.82. The molecule has 9 heteroatoms. The van der Waals surface area contributed by atoms with E-state index in [9.17, 15) is 19.2 Å². The zero-order valence-corrected chi connectivity index (χ0v) is 16.9. The van der Waals surface area contributed by atoms with Crippen LogP contribution in [0.1, 0.15) is 48.5 Å². The van der Waals surface area contributed by atoms with Crippen LogP contribution >= 0.6 is 0 Å². The minimum atomic E-state index is -0.501. The first-order valence-corrected chi connectivity index (χ1v) is 9.63. The fourth-order valence-corrected chi connectivity index (χ4v) is 3.37. The summed E-state index contributed by atoms with van der Waals surface area (Å²) >= 11 is 0. The number of aryl methyl sites for hydroxylation is 1. The first kappa shape index (κ1) is 20.0. The number of hydrogen-bond donors (Lipinski definition) is 2. The summed E-state index contributed by atoms with van der Waals surface area (Å²) < 4.78 is 1.54. The van der Waals surface area contributed by atoms with E-state index in [0.717, 1.165) is 4.90 Å². The maximum Gasteiger partial charge on any atom is 0.273 e. The number of carbonyl (C=O) groups is 4. The molecular formula is C22H19N5O4. The zero-order valence-electron chi connectivity index (χ0n) is 16.9. The summed E-state index contributed by atoms with van der Waals surface area (Å²) in [4.78, 5) is 51.4. The molecule has 156 valence electrons. The Morgan fingerprint density at radius 1 is 0.968 bits per heavy atom. The Labute approximate surface area is 177 Å². The van der Waals surface area contributed by atoms with Gasteiger partial charge in [0.25, 0.3) is 23.6 Å². The summed E-state index contributed by atoms with van der Waals surface area (Å²) in [6.07, 6.45) is 1.57. The monoisotopic (exact) mass is 417 g/mol. The van der Waals surface area contributed by atoms with Crippen molar-refractivity contribution in [3.05, 3.63) is 77.1 Å². The molecule has 31 heavy (non-hydrogen) atoms. The van der Waals surface area contributed by atoms with Crippen molar-refractivity contribution in [2.24, 2.45) is 0 Å². The van der Waals surface area contributed by atoms with E-state index in [-0.39, 0.29) is 22.6 Å². The fourth-order valence-electron chi connectivity index (χ4n) is 3.37. The van der Waals surface area contributed by atoms with Crippen molar-refractivity contribution in [1.29, 1.82) is 0 Å². The molecule has 0 spiro atoms. The lowest BCUT2D eigenvalue weighted by Gasteiger charge is -2.15. The van der Waals surface area contributed by atoms with Crippen molar-refractivity contribution in [3.8, 4) is 0 Å². The van der Waals surface area contributed by atoms with Gasteiger partial charge in [0.2, 0.25) is 0 Å². The summed E-state index contributed by atoms with van der Waals surface area (Å²) in [6, 6.07) is 12.8. The molecule has 0 saturated carbocycles. The van der Waals surface area contributed by atoms with Gasteiger partial charge in [-0.25, -0.2) is 4.90 Å². The maximum absolute atomic E-state index is 12.9. The van der Waals surface area contributed by atoms with Crippen LogP contribution in [0.5, 0.6) is 0 Å². The maximum atomic E-state index is 12.9. The molecule has 0 bridgehead atoms. The topological polar surface area (TPSA) is 113 Å². The Balaban J connectivity index is 1.62. The Hall–Kier alpha value is -4.27. The summed E-state index contributed by atoms with van der Waals surface area (Å²) in [5.74, 6) is -1.81. The number of imide groups is 1. The molecule has 1 aromatic heterocycles. The van der Waals surface area contributed by atoms with E-state index >= 15 is 0 Å². The number of fused-ring (bicyclic) bond motifs is 1. The van der Waals surface area contributed by atoms with Crippen molar-refractivity contribution in [2.75, 3.05) is 17.3 Å². The molecule has 1 aliphatic heterocycles. The van der Waals surface area contributed by atoms with Gasteiger partial charge in [0.15, 0.2) is 5.69 Å². The van der Waals surface area contributed by atoms with E-state index in [4.69, 9.17) is 0 Å². The molecule has 0 atom stereocenters. The Bertz CT molecular complexity index is 1200. The van der Waals surface area contributed by atoms with Crippen LogP contribution in [-0.2, 0) is 6.54 Å². The molecule has 4 rings (SSSR count). The molecule has 2 N–H and O–H groups in total. The van der Waals surface area contributed by atoms with Crippen molar-refractivity contribution in [1.82, 2.24) is 15.1 Å². The van der Waals surface area contributed by atoms with Crippen LogP contribution in [0.25, 0.3) is 0 Å². The number of carbonyl (C=O) groups excluding carboxylic acids is 4. The molecule has 0 saturated heterocycles. The molecular weight excluding hydrogens is 398 g/mol. The average Bonchev–Trinajstić information content (AvgIpc) is 3.32. The second kappa shape index (κ2) is 7.86. The van der Waals surface area contributed by atoms with Gasteiger partial charge in [-0.05, 0) is 37.3 Å². The van der Waals surface area contributed by atoms with Gasteiger partial charge in [-0.2, -0.15) is 5.10 Å². The number of nitrogens with one attached hydrogen (secondary N) is 2. The molecule has 0 radical (unpaired) electrons. The lowest BCUT2D eigenvalue weighted by molar-refractivity contribution is 0.0920. The molecule has 1 aliphatic rings. The first-order valence-electron chi connectivity index (χ1n) is 9.63. The van der Waals surface area contributed by atoms with Crippen molar-refractivity contribution in [3.63, 3.8) is 0 Å². The molecule has 0 fully saturated rings. The van der Waals surface area contributed by atoms with Gasteiger partial charge in [-0.3, -0.25) is 23.9 Å². The van der Waals surface area contributed by atoms with Crippen LogP contribution in [0, 0.1) is 0 Å². The van der Waals surface area contributed by atoms with E-state index in [1.165, 1.54) is 17.8 Å². The molecule has 0 aliphatic carbocycles. The predicted molar refractivity (Wildman–Crippen MR) is 113 cm³/mol. The Morgan fingerprint density at radius 3 is 2.26 bits per heavy atom. The third kappa shape index (κ3) is 3.46. The van der Waals surface area contributed by atoms with Crippen LogP contribution in [0.2, 0.25) is 0 Å². The number of aromatic nitrogens is 2. The first-order chi connectivity index (χ1) is 14.9. The highest BCUT2D eigenvalue weighted by molar-refractivity contribution is 6.34. The van der Waals surface area contributed by atoms with Gasteiger partial charge in [0, 0.05) is 25.4 Å². The van der Waals surface area contributed by atoms with Gasteiger partial charge >= 0.3 is 0 Å². The van der Waals surface area contributed by atoms with Gasteiger partial charge in [-0.15, -0.1) is 0 Å². The second-order valence-corrected chi connectivity index (χ2v) is 6.82. The van der Waals surface area contributed by atoms with Gasteiger partial charge in [0.05, 0.1) is 22.5 Å². The predicted octanol–water partition coefficient (Wildman–Crippen LogP) is 2.32. The quantitative estimate of drug-likeness (QED) is 0.619. The summed E-state index contributed by atoms with van der Waals surface area (Å²) in [7, 11) is 1.48. The standard InChI is InChI=1S/C22H19N5O4/c1-3-26-12-17(18(25-26)20(29)23-2)24-19(28)13-7-6-8-14(11-13)27-21(30)15-9-4-5-10-16(15)22(27)31/h4-12H,3H2,1-2H3,(H,23,29)(H,24,28). The highest BCUT2D eigenvalue weighted by atomic mass is 16.2. The molecule has 2 heterocycles. The molecule has 4 amide bonds. The lowest BCUT2D eigenvalue weighted by Crippen LogP contribution is -2.29. The van der Waals surface area contributed by atoms with E-state index in [2.05, 4.69) is 15.7 Å². The average molecular weight is 417 g/mol. The highest BCUT2D eigenvalue weighted by Crippen LogP contribution is 2.29. The smallest absolute Gasteiger partial charge is 0.273 e. The van der Waals surface area contributed by atoms with E-state index in [1.807, 2.05) is 6.92 Å². The fraction of sp³-hybridized carbons (Fsp3) is 0.136. The summed E-state index contributed by atoms with van der Waals surface area (Å²) in [5, 5.41) is 9.33. The van der Waals surface area contributed by atoms with E-state index in [1.54, 1.807) is 48.7 Å². The van der Waals surface area contributed by atoms with Crippen LogP contribution in [0.3, 0.4) is 0 Å². The van der Waals surface area contributed by atoms with E-state index < -0.39 is 23.6 Å². The number of anilines is 2. The van der Waals surface area contributed by atoms with Crippen molar-refractivity contribution in [2.45, 2.75) is 13.5 Å². The third-order valence-corrected chi connectivity index (χ3v) is 4.94. The minimum absolute atomic E-state index is 0.0919. The number of nitrogens with zero attached hydrogens (tertiary/aromatic N) is 3. The number of amides is 4. The van der Waals surface area contributed by atoms with Crippen molar-refractivity contribution >= 4 is 35.0 Å². The minimum Gasteiger partial charge on any atom is -0.354 e.